The van der Waals surface area contributed by atoms with Crippen molar-refractivity contribution in [2.24, 2.45) is 0 Å². The largest absolute Gasteiger partial charge is 0.381 e. The predicted octanol–water partition coefficient (Wildman–Crippen LogP) is 4.25. The zero-order valence-corrected chi connectivity index (χ0v) is 10.1. The molecule has 0 heterocycles. The Balaban J connectivity index is 1.87. The van der Waals surface area contributed by atoms with Crippen molar-refractivity contribution in [3.8, 4) is 0 Å². The summed E-state index contributed by atoms with van der Waals surface area (Å²) in [6, 6.07) is 25.8. The van der Waals surface area contributed by atoms with Crippen LogP contribution in [0.2, 0.25) is 0 Å². The predicted molar refractivity (Wildman–Crippen MR) is 76.6 cm³/mol. The number of rotatable bonds is 3. The molecule has 0 bridgehead atoms. The lowest BCUT2D eigenvalue weighted by molar-refractivity contribution is 1.17. The molecule has 0 saturated carbocycles. The van der Waals surface area contributed by atoms with E-state index in [0.29, 0.717) is 0 Å². The van der Waals surface area contributed by atoms with Gasteiger partial charge < -0.3 is 5.32 Å². The Morgan fingerprint density at radius 2 is 1.61 bits per heavy atom. The van der Waals surface area contributed by atoms with Gasteiger partial charge >= 0.3 is 0 Å². The van der Waals surface area contributed by atoms with Gasteiger partial charge in [0.15, 0.2) is 0 Å². The molecular weight excluding hydrogens is 218 g/mol. The molecule has 0 aromatic heterocycles. The summed E-state index contributed by atoms with van der Waals surface area (Å²) in [6.07, 6.45) is 0. The van der Waals surface area contributed by atoms with Crippen molar-refractivity contribution < 1.29 is 0 Å². The Kier molecular flexibility index (Phi) is 2.97. The molecule has 1 radical (unpaired) electrons. The molecule has 0 atom stereocenters. The standard InChI is InChI=1S/C17H14N/c1-2-10-16(11-3-1)18-13-15-9-6-8-14-7-4-5-12-17(14)15/h2-12,18H,13H2. The van der Waals surface area contributed by atoms with Gasteiger partial charge in [-0.05, 0) is 34.5 Å². The van der Waals surface area contributed by atoms with Crippen molar-refractivity contribution in [2.45, 2.75) is 6.54 Å². The zero-order chi connectivity index (χ0) is 12.2. The maximum Gasteiger partial charge on any atom is 0.0406 e. The highest BCUT2D eigenvalue weighted by Crippen LogP contribution is 2.19. The molecule has 1 heteroatoms. The van der Waals surface area contributed by atoms with Gasteiger partial charge in [-0.2, -0.15) is 0 Å². The normalized spacial score (nSPS) is 10.4. The van der Waals surface area contributed by atoms with E-state index in [0.717, 1.165) is 12.2 Å². The third kappa shape index (κ3) is 2.21. The second kappa shape index (κ2) is 4.92. The Labute approximate surface area is 107 Å². The molecule has 0 aliphatic rings. The topological polar surface area (TPSA) is 12.0 Å². The molecule has 87 valence electrons. The minimum atomic E-state index is 0.839. The highest BCUT2D eigenvalue weighted by molar-refractivity contribution is 5.85. The summed E-state index contributed by atoms with van der Waals surface area (Å²) in [5.74, 6) is 0. The molecule has 0 spiro atoms. The van der Waals surface area contributed by atoms with Gasteiger partial charge in [-0.1, -0.05) is 54.6 Å². The van der Waals surface area contributed by atoms with Gasteiger partial charge in [-0.3, -0.25) is 0 Å². The molecular formula is C17H14N. The average molecular weight is 232 g/mol. The van der Waals surface area contributed by atoms with Crippen LogP contribution < -0.4 is 5.32 Å². The van der Waals surface area contributed by atoms with Crippen LogP contribution >= 0.6 is 0 Å². The number of fused-ring (bicyclic) bond motifs is 1. The molecule has 0 aliphatic heterocycles. The van der Waals surface area contributed by atoms with Gasteiger partial charge in [0, 0.05) is 12.2 Å². The fourth-order valence-electron chi connectivity index (χ4n) is 2.15. The van der Waals surface area contributed by atoms with Crippen LogP contribution in [-0.2, 0) is 6.54 Å². The molecule has 0 aliphatic carbocycles. The van der Waals surface area contributed by atoms with E-state index in [1.165, 1.54) is 16.3 Å². The Morgan fingerprint density at radius 3 is 2.50 bits per heavy atom. The third-order valence-electron chi connectivity index (χ3n) is 3.08. The van der Waals surface area contributed by atoms with Crippen LogP contribution in [0.1, 0.15) is 5.56 Å². The van der Waals surface area contributed by atoms with E-state index < -0.39 is 0 Å². The number of hydrogen-bond acceptors (Lipinski definition) is 1. The smallest absolute Gasteiger partial charge is 0.0406 e. The van der Waals surface area contributed by atoms with Crippen molar-refractivity contribution in [1.82, 2.24) is 0 Å². The Morgan fingerprint density at radius 1 is 0.833 bits per heavy atom. The van der Waals surface area contributed by atoms with E-state index in [9.17, 15) is 0 Å². The van der Waals surface area contributed by atoms with Gasteiger partial charge in [-0.15, -0.1) is 0 Å². The van der Waals surface area contributed by atoms with E-state index in [1.807, 2.05) is 24.3 Å². The minimum Gasteiger partial charge on any atom is -0.381 e. The average Bonchev–Trinajstić information content (AvgIpc) is 2.46. The van der Waals surface area contributed by atoms with Crippen LogP contribution in [0.4, 0.5) is 5.69 Å². The van der Waals surface area contributed by atoms with Crippen LogP contribution in [-0.4, -0.2) is 0 Å². The summed E-state index contributed by atoms with van der Waals surface area (Å²) >= 11 is 0. The van der Waals surface area contributed by atoms with E-state index in [4.69, 9.17) is 0 Å². The zero-order valence-electron chi connectivity index (χ0n) is 10.1. The lowest BCUT2D eigenvalue weighted by atomic mass is 10.0. The van der Waals surface area contributed by atoms with Crippen molar-refractivity contribution in [3.05, 3.63) is 78.4 Å². The molecule has 3 aromatic rings. The second-order valence-electron chi connectivity index (χ2n) is 4.28. The first-order chi connectivity index (χ1) is 8.93. The van der Waals surface area contributed by atoms with Crippen LogP contribution in [0.3, 0.4) is 0 Å². The summed E-state index contributed by atoms with van der Waals surface area (Å²) in [4.78, 5) is 0. The molecule has 1 N–H and O–H groups in total. The van der Waals surface area contributed by atoms with Gasteiger partial charge in [0.25, 0.3) is 0 Å². The Hall–Kier alpha value is -2.28. The SMILES string of the molecule is [c]1ccc(NCc2cccc3ccccc23)cc1. The van der Waals surface area contributed by atoms with Gasteiger partial charge in [-0.25, -0.2) is 0 Å². The molecule has 1 nitrogen and oxygen atoms in total. The van der Waals surface area contributed by atoms with Crippen molar-refractivity contribution in [1.29, 1.82) is 0 Å². The number of nitrogens with one attached hydrogen (secondary N) is 1. The highest BCUT2D eigenvalue weighted by Gasteiger charge is 1.99. The van der Waals surface area contributed by atoms with E-state index in [1.54, 1.807) is 0 Å². The lowest BCUT2D eigenvalue weighted by Crippen LogP contribution is -1.99. The third-order valence-corrected chi connectivity index (χ3v) is 3.08. The van der Waals surface area contributed by atoms with Gasteiger partial charge in [0.1, 0.15) is 0 Å². The summed E-state index contributed by atoms with van der Waals surface area (Å²) in [7, 11) is 0. The maximum atomic E-state index is 3.43. The lowest BCUT2D eigenvalue weighted by Gasteiger charge is -2.09. The fraction of sp³-hybridized carbons (Fsp3) is 0.0588. The van der Waals surface area contributed by atoms with Crippen LogP contribution in [0, 0.1) is 6.07 Å². The van der Waals surface area contributed by atoms with Crippen LogP contribution in [0.15, 0.2) is 66.7 Å². The van der Waals surface area contributed by atoms with Gasteiger partial charge in [0.05, 0.1) is 0 Å². The molecule has 3 aromatic carbocycles. The van der Waals surface area contributed by atoms with E-state index in [-0.39, 0.29) is 0 Å². The maximum absolute atomic E-state index is 3.43. The highest BCUT2D eigenvalue weighted by atomic mass is 14.9. The summed E-state index contributed by atoms with van der Waals surface area (Å²) < 4.78 is 0. The Bertz CT molecular complexity index is 639. The first kappa shape index (κ1) is 10.8. The molecule has 0 amide bonds. The van der Waals surface area contributed by atoms with E-state index >= 15 is 0 Å². The van der Waals surface area contributed by atoms with Crippen molar-refractivity contribution >= 4 is 16.5 Å². The first-order valence-electron chi connectivity index (χ1n) is 6.10. The summed E-state index contributed by atoms with van der Waals surface area (Å²) in [5, 5.41) is 6.04. The number of anilines is 1. The second-order valence-corrected chi connectivity index (χ2v) is 4.28. The molecule has 0 saturated heterocycles. The molecule has 18 heavy (non-hydrogen) atoms. The summed E-state index contributed by atoms with van der Waals surface area (Å²) in [5.41, 5.74) is 2.45. The first-order valence-corrected chi connectivity index (χ1v) is 6.10. The summed E-state index contributed by atoms with van der Waals surface area (Å²) in [6.45, 7) is 0.839. The monoisotopic (exact) mass is 232 g/mol. The number of benzene rings is 3. The minimum absolute atomic E-state index is 0.839. The van der Waals surface area contributed by atoms with Crippen molar-refractivity contribution in [2.75, 3.05) is 5.32 Å². The molecule has 3 rings (SSSR count). The molecule has 0 unspecified atom stereocenters. The number of hydrogen-bond donors (Lipinski definition) is 1. The van der Waals surface area contributed by atoms with Crippen molar-refractivity contribution in [3.63, 3.8) is 0 Å². The van der Waals surface area contributed by atoms with E-state index in [2.05, 4.69) is 53.8 Å². The fourth-order valence-corrected chi connectivity index (χ4v) is 2.15. The quantitative estimate of drug-likeness (QED) is 0.711. The molecule has 0 fully saturated rings. The van der Waals surface area contributed by atoms with Crippen LogP contribution in [0.5, 0.6) is 0 Å². The van der Waals surface area contributed by atoms with Crippen LogP contribution in [0.25, 0.3) is 10.8 Å². The van der Waals surface area contributed by atoms with Gasteiger partial charge in [0.2, 0.25) is 0 Å².